The molecule has 0 aromatic heterocycles. The normalized spacial score (nSPS) is 12.5. The number of aryl methyl sites for hydroxylation is 2. The summed E-state index contributed by atoms with van der Waals surface area (Å²) >= 11 is 0. The molecule has 0 saturated carbocycles. The molecular formula is C15H25ClN2O. The standard InChI is InChI=1S/C15H24N2O.ClH/c1-10-6-7-12(11(2)8-10)9-17-14(18)13(16)15(3,4)5;/h6-8,13H,9,16H2,1-5H3,(H,17,18);1H/t13-;/m1./s1. The lowest BCUT2D eigenvalue weighted by Gasteiger charge is -2.26. The van der Waals surface area contributed by atoms with Crippen LogP contribution in [0.5, 0.6) is 0 Å². The Morgan fingerprint density at radius 3 is 2.37 bits per heavy atom. The van der Waals surface area contributed by atoms with E-state index in [0.29, 0.717) is 6.54 Å². The molecule has 3 nitrogen and oxygen atoms in total. The Hall–Kier alpha value is -1.06. The molecule has 0 aliphatic heterocycles. The first-order valence-electron chi connectivity index (χ1n) is 6.31. The molecule has 0 fully saturated rings. The van der Waals surface area contributed by atoms with E-state index >= 15 is 0 Å². The summed E-state index contributed by atoms with van der Waals surface area (Å²) in [6.45, 7) is 10.6. The molecule has 1 aromatic rings. The van der Waals surface area contributed by atoms with Gasteiger partial charge in [-0.25, -0.2) is 0 Å². The summed E-state index contributed by atoms with van der Waals surface area (Å²) in [5.41, 5.74) is 9.25. The number of hydrogen-bond acceptors (Lipinski definition) is 2. The zero-order chi connectivity index (χ0) is 13.9. The van der Waals surface area contributed by atoms with Crippen molar-refractivity contribution >= 4 is 18.3 Å². The zero-order valence-corrected chi connectivity index (χ0v) is 13.2. The van der Waals surface area contributed by atoms with E-state index < -0.39 is 6.04 Å². The first-order chi connectivity index (χ1) is 8.21. The molecule has 19 heavy (non-hydrogen) atoms. The predicted octanol–water partition coefficient (Wildman–Crippen LogP) is 2.71. The second kappa shape index (κ2) is 6.92. The van der Waals surface area contributed by atoms with E-state index in [4.69, 9.17) is 5.73 Å². The Labute approximate surface area is 122 Å². The lowest BCUT2D eigenvalue weighted by Crippen LogP contribution is -2.48. The monoisotopic (exact) mass is 284 g/mol. The van der Waals surface area contributed by atoms with Crippen molar-refractivity contribution in [3.63, 3.8) is 0 Å². The number of carbonyl (C=O) groups excluding carboxylic acids is 1. The van der Waals surface area contributed by atoms with Crippen LogP contribution in [0.2, 0.25) is 0 Å². The molecule has 0 heterocycles. The Morgan fingerprint density at radius 2 is 1.89 bits per heavy atom. The quantitative estimate of drug-likeness (QED) is 0.897. The molecule has 1 aromatic carbocycles. The van der Waals surface area contributed by atoms with Gasteiger partial charge in [0.25, 0.3) is 0 Å². The summed E-state index contributed by atoms with van der Waals surface area (Å²) in [5, 5.41) is 2.90. The fourth-order valence-corrected chi connectivity index (χ4v) is 1.73. The summed E-state index contributed by atoms with van der Waals surface area (Å²) in [7, 11) is 0. The molecule has 0 radical (unpaired) electrons. The van der Waals surface area contributed by atoms with Gasteiger partial charge >= 0.3 is 0 Å². The van der Waals surface area contributed by atoms with Crippen molar-refractivity contribution in [2.24, 2.45) is 11.1 Å². The number of amides is 1. The Morgan fingerprint density at radius 1 is 1.32 bits per heavy atom. The number of nitrogens with two attached hydrogens (primary N) is 1. The third-order valence-electron chi connectivity index (χ3n) is 3.17. The molecular weight excluding hydrogens is 260 g/mol. The van der Waals surface area contributed by atoms with Crippen molar-refractivity contribution in [1.82, 2.24) is 5.32 Å². The highest BCUT2D eigenvalue weighted by molar-refractivity contribution is 5.85. The van der Waals surface area contributed by atoms with Gasteiger partial charge in [-0.1, -0.05) is 44.5 Å². The number of hydrogen-bond donors (Lipinski definition) is 2. The summed E-state index contributed by atoms with van der Waals surface area (Å²) in [4.78, 5) is 11.9. The molecule has 0 saturated heterocycles. The molecule has 1 atom stereocenters. The first-order valence-corrected chi connectivity index (χ1v) is 6.31. The van der Waals surface area contributed by atoms with Gasteiger partial charge in [0.1, 0.15) is 0 Å². The predicted molar refractivity (Wildman–Crippen MR) is 82.4 cm³/mol. The third-order valence-corrected chi connectivity index (χ3v) is 3.17. The van der Waals surface area contributed by atoms with E-state index in [-0.39, 0.29) is 23.7 Å². The van der Waals surface area contributed by atoms with E-state index in [1.165, 1.54) is 11.1 Å². The Balaban J connectivity index is 0.00000324. The van der Waals surface area contributed by atoms with Crippen LogP contribution < -0.4 is 11.1 Å². The average Bonchev–Trinajstić information content (AvgIpc) is 2.25. The molecule has 0 spiro atoms. The van der Waals surface area contributed by atoms with Gasteiger partial charge in [-0.3, -0.25) is 4.79 Å². The summed E-state index contributed by atoms with van der Waals surface area (Å²) in [6, 6.07) is 5.74. The van der Waals surface area contributed by atoms with Crippen LogP contribution in [0, 0.1) is 19.3 Å². The van der Waals surface area contributed by atoms with Gasteiger partial charge in [-0.05, 0) is 30.4 Å². The van der Waals surface area contributed by atoms with Crippen LogP contribution in [-0.2, 0) is 11.3 Å². The van der Waals surface area contributed by atoms with Gasteiger partial charge in [0.2, 0.25) is 5.91 Å². The molecule has 1 rings (SSSR count). The molecule has 0 unspecified atom stereocenters. The van der Waals surface area contributed by atoms with E-state index in [1.807, 2.05) is 26.8 Å². The maximum Gasteiger partial charge on any atom is 0.237 e. The number of nitrogens with one attached hydrogen (secondary N) is 1. The SMILES string of the molecule is Cc1ccc(CNC(=O)[C@@H](N)C(C)(C)C)c(C)c1.Cl. The van der Waals surface area contributed by atoms with Crippen LogP contribution in [0.15, 0.2) is 18.2 Å². The van der Waals surface area contributed by atoms with Crippen LogP contribution in [0.4, 0.5) is 0 Å². The molecule has 108 valence electrons. The molecule has 1 amide bonds. The van der Waals surface area contributed by atoms with Crippen molar-refractivity contribution in [2.75, 3.05) is 0 Å². The van der Waals surface area contributed by atoms with Gasteiger partial charge in [-0.15, -0.1) is 12.4 Å². The maximum atomic E-state index is 11.9. The lowest BCUT2D eigenvalue weighted by atomic mass is 9.87. The van der Waals surface area contributed by atoms with Crippen LogP contribution in [0.25, 0.3) is 0 Å². The van der Waals surface area contributed by atoms with Crippen LogP contribution in [0.3, 0.4) is 0 Å². The van der Waals surface area contributed by atoms with Gasteiger partial charge in [-0.2, -0.15) is 0 Å². The van der Waals surface area contributed by atoms with E-state index in [1.54, 1.807) is 0 Å². The smallest absolute Gasteiger partial charge is 0.237 e. The number of carbonyl (C=O) groups is 1. The highest BCUT2D eigenvalue weighted by atomic mass is 35.5. The van der Waals surface area contributed by atoms with Crippen LogP contribution in [0.1, 0.15) is 37.5 Å². The average molecular weight is 285 g/mol. The van der Waals surface area contributed by atoms with E-state index in [2.05, 4.69) is 31.3 Å². The van der Waals surface area contributed by atoms with Crippen molar-refractivity contribution in [1.29, 1.82) is 0 Å². The Kier molecular flexibility index (Phi) is 6.53. The number of halogens is 1. The minimum Gasteiger partial charge on any atom is -0.351 e. The highest BCUT2D eigenvalue weighted by Gasteiger charge is 2.27. The molecule has 0 bridgehead atoms. The van der Waals surface area contributed by atoms with E-state index in [9.17, 15) is 4.79 Å². The second-order valence-electron chi connectivity index (χ2n) is 5.99. The zero-order valence-electron chi connectivity index (χ0n) is 12.4. The maximum absolute atomic E-state index is 11.9. The fourth-order valence-electron chi connectivity index (χ4n) is 1.73. The molecule has 0 aliphatic carbocycles. The van der Waals surface area contributed by atoms with Gasteiger partial charge in [0.05, 0.1) is 6.04 Å². The van der Waals surface area contributed by atoms with E-state index in [0.717, 1.165) is 5.56 Å². The number of benzene rings is 1. The third kappa shape index (κ3) is 5.21. The van der Waals surface area contributed by atoms with Gasteiger partial charge in [0, 0.05) is 6.54 Å². The minimum atomic E-state index is -0.483. The first kappa shape index (κ1) is 17.9. The second-order valence-corrected chi connectivity index (χ2v) is 5.99. The fraction of sp³-hybridized carbons (Fsp3) is 0.533. The molecule has 4 heteroatoms. The summed E-state index contributed by atoms with van der Waals surface area (Å²) in [5.74, 6) is -0.0949. The van der Waals surface area contributed by atoms with Crippen molar-refractivity contribution in [3.05, 3.63) is 34.9 Å². The summed E-state index contributed by atoms with van der Waals surface area (Å²) < 4.78 is 0. The minimum absolute atomic E-state index is 0. The molecule has 3 N–H and O–H groups in total. The topological polar surface area (TPSA) is 55.1 Å². The lowest BCUT2D eigenvalue weighted by molar-refractivity contribution is -0.124. The van der Waals surface area contributed by atoms with Gasteiger partial charge < -0.3 is 11.1 Å². The number of rotatable bonds is 3. The Bertz CT molecular complexity index is 438. The van der Waals surface area contributed by atoms with Crippen molar-refractivity contribution in [3.8, 4) is 0 Å². The molecule has 0 aliphatic rings. The highest BCUT2D eigenvalue weighted by Crippen LogP contribution is 2.17. The summed E-state index contributed by atoms with van der Waals surface area (Å²) in [6.07, 6.45) is 0. The van der Waals surface area contributed by atoms with Crippen LogP contribution in [-0.4, -0.2) is 11.9 Å². The van der Waals surface area contributed by atoms with Crippen LogP contribution >= 0.6 is 12.4 Å². The van der Waals surface area contributed by atoms with Crippen molar-refractivity contribution in [2.45, 2.75) is 47.2 Å². The van der Waals surface area contributed by atoms with Crippen molar-refractivity contribution < 1.29 is 4.79 Å². The van der Waals surface area contributed by atoms with Gasteiger partial charge in [0.15, 0.2) is 0 Å². The largest absolute Gasteiger partial charge is 0.351 e.